The van der Waals surface area contributed by atoms with Gasteiger partial charge in [-0.05, 0) is 30.7 Å². The number of nitrogens with one attached hydrogen (secondary N) is 1. The Bertz CT molecular complexity index is 995. The minimum Gasteiger partial charge on any atom is -0.454 e. The van der Waals surface area contributed by atoms with Crippen LogP contribution in [0.15, 0.2) is 59.8 Å². The van der Waals surface area contributed by atoms with Crippen LogP contribution in [0.5, 0.6) is 11.5 Å². The molecule has 0 unspecified atom stereocenters. The molecule has 142 valence electrons. The molecule has 1 N–H and O–H groups in total. The highest BCUT2D eigenvalue weighted by atomic mass is 32.2. The normalized spacial score (nSPS) is 12.0. The van der Waals surface area contributed by atoms with E-state index in [2.05, 4.69) is 15.3 Å². The molecule has 2 aromatic carbocycles. The number of ether oxygens (including phenoxy) is 2. The summed E-state index contributed by atoms with van der Waals surface area (Å²) in [7, 11) is 0. The van der Waals surface area contributed by atoms with Crippen LogP contribution in [-0.4, -0.2) is 28.4 Å². The fourth-order valence-corrected chi connectivity index (χ4v) is 3.53. The van der Waals surface area contributed by atoms with E-state index >= 15 is 0 Å². The van der Waals surface area contributed by atoms with Gasteiger partial charge in [-0.3, -0.25) is 4.79 Å². The first-order valence-corrected chi connectivity index (χ1v) is 9.85. The Hall–Kier alpha value is -3.06. The van der Waals surface area contributed by atoms with Crippen molar-refractivity contribution in [3.8, 4) is 22.8 Å². The fourth-order valence-electron chi connectivity index (χ4n) is 2.80. The number of hydrogen-bond acceptors (Lipinski definition) is 6. The smallest absolute Gasteiger partial charge is 0.231 e. The van der Waals surface area contributed by atoms with Crippen LogP contribution in [0.1, 0.15) is 11.3 Å². The zero-order chi connectivity index (χ0) is 19.3. The molecule has 1 amide bonds. The number of thioether (sulfide) groups is 1. The molecule has 1 aliphatic heterocycles. The van der Waals surface area contributed by atoms with E-state index in [4.69, 9.17) is 9.47 Å². The van der Waals surface area contributed by atoms with Crippen molar-refractivity contribution in [3.05, 3.63) is 65.9 Å². The molecule has 1 aliphatic rings. The summed E-state index contributed by atoms with van der Waals surface area (Å²) < 4.78 is 10.6. The SMILES string of the molecule is Cc1cc(-c2ccccc2)nc(SCC(=O)NCc2ccc3c(c2)OCO3)n1. The summed E-state index contributed by atoms with van der Waals surface area (Å²) in [5.74, 6) is 1.62. The van der Waals surface area contributed by atoms with Gasteiger partial charge in [0, 0.05) is 17.8 Å². The Morgan fingerprint density at radius 2 is 1.89 bits per heavy atom. The van der Waals surface area contributed by atoms with Crippen molar-refractivity contribution >= 4 is 17.7 Å². The number of aryl methyl sites for hydroxylation is 1. The van der Waals surface area contributed by atoms with Crippen LogP contribution in [0.4, 0.5) is 0 Å². The van der Waals surface area contributed by atoms with Gasteiger partial charge < -0.3 is 14.8 Å². The molecule has 0 bridgehead atoms. The lowest BCUT2D eigenvalue weighted by Crippen LogP contribution is -2.24. The maximum absolute atomic E-state index is 12.2. The van der Waals surface area contributed by atoms with E-state index in [1.807, 2.05) is 61.5 Å². The highest BCUT2D eigenvalue weighted by Crippen LogP contribution is 2.32. The van der Waals surface area contributed by atoms with Gasteiger partial charge in [0.1, 0.15) is 0 Å². The van der Waals surface area contributed by atoms with Gasteiger partial charge in [-0.25, -0.2) is 9.97 Å². The van der Waals surface area contributed by atoms with Crippen LogP contribution in [0.3, 0.4) is 0 Å². The quantitative estimate of drug-likeness (QED) is 0.510. The van der Waals surface area contributed by atoms with Gasteiger partial charge in [0.15, 0.2) is 16.7 Å². The number of aromatic nitrogens is 2. The first-order valence-electron chi connectivity index (χ1n) is 8.86. The molecule has 7 heteroatoms. The number of benzene rings is 2. The molecule has 0 spiro atoms. The molecule has 0 fully saturated rings. The van der Waals surface area contributed by atoms with Crippen LogP contribution in [0.2, 0.25) is 0 Å². The maximum atomic E-state index is 12.2. The van der Waals surface area contributed by atoms with Crippen LogP contribution in [0, 0.1) is 6.92 Å². The lowest BCUT2D eigenvalue weighted by atomic mass is 10.1. The largest absolute Gasteiger partial charge is 0.454 e. The summed E-state index contributed by atoms with van der Waals surface area (Å²) in [4.78, 5) is 21.2. The van der Waals surface area contributed by atoms with Crippen LogP contribution >= 0.6 is 11.8 Å². The molecule has 0 saturated heterocycles. The summed E-state index contributed by atoms with van der Waals surface area (Å²) in [6.07, 6.45) is 0. The Kier molecular flexibility index (Phi) is 5.43. The van der Waals surface area contributed by atoms with Crippen molar-refractivity contribution in [3.63, 3.8) is 0 Å². The Morgan fingerprint density at radius 1 is 1.07 bits per heavy atom. The topological polar surface area (TPSA) is 73.3 Å². The minimum absolute atomic E-state index is 0.0750. The molecular weight excluding hydrogens is 374 g/mol. The van der Waals surface area contributed by atoms with Gasteiger partial charge in [0.05, 0.1) is 11.4 Å². The third-order valence-electron chi connectivity index (χ3n) is 4.16. The minimum atomic E-state index is -0.0750. The lowest BCUT2D eigenvalue weighted by molar-refractivity contribution is -0.118. The number of carbonyl (C=O) groups excluding carboxylic acids is 1. The van der Waals surface area contributed by atoms with Crippen molar-refractivity contribution in [2.75, 3.05) is 12.5 Å². The average molecular weight is 393 g/mol. The van der Waals surface area contributed by atoms with Gasteiger partial charge in [-0.15, -0.1) is 0 Å². The Labute approximate surface area is 167 Å². The summed E-state index contributed by atoms with van der Waals surface area (Å²) >= 11 is 1.33. The van der Waals surface area contributed by atoms with Crippen molar-refractivity contribution < 1.29 is 14.3 Å². The highest BCUT2D eigenvalue weighted by molar-refractivity contribution is 7.99. The molecule has 0 aliphatic carbocycles. The van der Waals surface area contributed by atoms with Crippen LogP contribution < -0.4 is 14.8 Å². The number of amides is 1. The molecule has 28 heavy (non-hydrogen) atoms. The standard InChI is InChI=1S/C21H19N3O3S/c1-14-9-17(16-5-3-2-4-6-16)24-21(23-14)28-12-20(25)22-11-15-7-8-18-19(10-15)27-13-26-18/h2-10H,11-13H2,1H3,(H,22,25). The lowest BCUT2D eigenvalue weighted by Gasteiger charge is -2.07. The molecule has 0 radical (unpaired) electrons. The van der Waals surface area contributed by atoms with E-state index in [0.29, 0.717) is 17.5 Å². The Balaban J connectivity index is 1.34. The van der Waals surface area contributed by atoms with Crippen molar-refractivity contribution in [2.45, 2.75) is 18.6 Å². The number of fused-ring (bicyclic) bond motifs is 1. The van der Waals surface area contributed by atoms with Crippen LogP contribution in [0.25, 0.3) is 11.3 Å². The second kappa shape index (κ2) is 8.31. The molecule has 4 rings (SSSR count). The number of carbonyl (C=O) groups is 1. The molecule has 6 nitrogen and oxygen atoms in total. The van der Waals surface area contributed by atoms with E-state index in [1.54, 1.807) is 0 Å². The summed E-state index contributed by atoms with van der Waals surface area (Å²) in [5.41, 5.74) is 3.72. The zero-order valence-electron chi connectivity index (χ0n) is 15.3. The molecule has 1 aromatic heterocycles. The van der Waals surface area contributed by atoms with Gasteiger partial charge in [0.25, 0.3) is 0 Å². The third kappa shape index (κ3) is 4.43. The van der Waals surface area contributed by atoms with Crippen LogP contribution in [-0.2, 0) is 11.3 Å². The fraction of sp³-hybridized carbons (Fsp3) is 0.190. The zero-order valence-corrected chi connectivity index (χ0v) is 16.2. The summed E-state index contributed by atoms with van der Waals surface area (Å²) in [5, 5.41) is 3.50. The van der Waals surface area contributed by atoms with E-state index in [1.165, 1.54) is 11.8 Å². The first kappa shape index (κ1) is 18.3. The van der Waals surface area contributed by atoms with E-state index in [0.717, 1.165) is 28.3 Å². The number of hydrogen-bond donors (Lipinski definition) is 1. The predicted molar refractivity (Wildman–Crippen MR) is 107 cm³/mol. The average Bonchev–Trinajstić information content (AvgIpc) is 3.19. The van der Waals surface area contributed by atoms with Gasteiger partial charge >= 0.3 is 0 Å². The highest BCUT2D eigenvalue weighted by Gasteiger charge is 2.14. The van der Waals surface area contributed by atoms with Gasteiger partial charge in [-0.2, -0.15) is 0 Å². The summed E-state index contributed by atoms with van der Waals surface area (Å²) in [6.45, 7) is 2.60. The van der Waals surface area contributed by atoms with E-state index in [-0.39, 0.29) is 18.5 Å². The number of nitrogens with zero attached hydrogens (tertiary/aromatic N) is 2. The second-order valence-corrected chi connectivity index (χ2v) is 7.24. The molecule has 0 saturated carbocycles. The molecule has 2 heterocycles. The second-order valence-electron chi connectivity index (χ2n) is 6.30. The van der Waals surface area contributed by atoms with Crippen molar-refractivity contribution in [1.29, 1.82) is 0 Å². The molecule has 0 atom stereocenters. The summed E-state index contributed by atoms with van der Waals surface area (Å²) in [6, 6.07) is 17.5. The third-order valence-corrected chi connectivity index (χ3v) is 5.01. The molecular formula is C21H19N3O3S. The predicted octanol–water partition coefficient (Wildman–Crippen LogP) is 3.59. The maximum Gasteiger partial charge on any atom is 0.231 e. The van der Waals surface area contributed by atoms with Crippen molar-refractivity contribution in [1.82, 2.24) is 15.3 Å². The number of rotatable bonds is 6. The Morgan fingerprint density at radius 3 is 2.75 bits per heavy atom. The van der Waals surface area contributed by atoms with Gasteiger partial charge in [0.2, 0.25) is 12.7 Å². The van der Waals surface area contributed by atoms with Crippen molar-refractivity contribution in [2.24, 2.45) is 0 Å². The van der Waals surface area contributed by atoms with E-state index < -0.39 is 0 Å². The molecule has 3 aromatic rings. The van der Waals surface area contributed by atoms with E-state index in [9.17, 15) is 4.79 Å². The first-order chi connectivity index (χ1) is 13.7. The van der Waals surface area contributed by atoms with Gasteiger partial charge in [-0.1, -0.05) is 48.2 Å². The monoisotopic (exact) mass is 393 g/mol.